The number of hydrogen-bond acceptors (Lipinski definition) is 0. The molecule has 1 nitrogen and oxygen atoms in total. The summed E-state index contributed by atoms with van der Waals surface area (Å²) in [5, 5.41) is 2.57. The fraction of sp³-hybridized carbons (Fsp3) is 0.371. The molecule has 0 saturated heterocycles. The van der Waals surface area contributed by atoms with Crippen molar-refractivity contribution in [1.82, 2.24) is 4.57 Å². The van der Waals surface area contributed by atoms with Gasteiger partial charge in [0.2, 0.25) is 0 Å². The molecule has 364 valence electrons. The molecular formula is C70H79N. The van der Waals surface area contributed by atoms with Crippen molar-refractivity contribution < 1.29 is 0 Å². The Kier molecular flexibility index (Phi) is 11.5. The third kappa shape index (κ3) is 7.88. The van der Waals surface area contributed by atoms with Crippen molar-refractivity contribution in [2.75, 3.05) is 0 Å². The number of para-hydroxylation sites is 1. The first-order valence-electron chi connectivity index (χ1n) is 27.0. The second-order valence-electron chi connectivity index (χ2n) is 25.6. The Balaban J connectivity index is 1.03. The van der Waals surface area contributed by atoms with Gasteiger partial charge in [-0.25, -0.2) is 0 Å². The summed E-state index contributed by atoms with van der Waals surface area (Å²) in [4.78, 5) is 0. The smallest absolute Gasteiger partial charge is 0.0541 e. The van der Waals surface area contributed by atoms with Crippen molar-refractivity contribution in [2.45, 2.75) is 169 Å². The van der Waals surface area contributed by atoms with Gasteiger partial charge in [0.1, 0.15) is 0 Å². The van der Waals surface area contributed by atoms with Crippen LogP contribution in [0.2, 0.25) is 0 Å². The molecule has 1 heteroatoms. The fourth-order valence-corrected chi connectivity index (χ4v) is 12.6. The fourth-order valence-electron chi connectivity index (χ4n) is 12.6. The number of hydrogen-bond donors (Lipinski definition) is 0. The molecule has 8 aromatic rings. The van der Waals surface area contributed by atoms with E-state index in [1.54, 1.807) is 0 Å². The van der Waals surface area contributed by atoms with Crippen LogP contribution in [0.5, 0.6) is 0 Å². The van der Waals surface area contributed by atoms with Gasteiger partial charge in [-0.2, -0.15) is 0 Å². The van der Waals surface area contributed by atoms with Crippen molar-refractivity contribution in [3.05, 3.63) is 183 Å². The van der Waals surface area contributed by atoms with Crippen LogP contribution >= 0.6 is 0 Å². The molecule has 0 unspecified atom stereocenters. The van der Waals surface area contributed by atoms with E-state index in [1.807, 2.05) is 0 Å². The van der Waals surface area contributed by atoms with Gasteiger partial charge in [-0.1, -0.05) is 202 Å². The normalized spacial score (nSPS) is 15.2. The third-order valence-corrected chi connectivity index (χ3v) is 17.3. The van der Waals surface area contributed by atoms with Crippen molar-refractivity contribution >= 4 is 34.0 Å². The van der Waals surface area contributed by atoms with Crippen LogP contribution in [0.1, 0.15) is 192 Å². The Morgan fingerprint density at radius 2 is 0.789 bits per heavy atom. The summed E-state index contributed by atoms with van der Waals surface area (Å²) in [5.74, 6) is 0. The van der Waals surface area contributed by atoms with E-state index in [1.165, 1.54) is 117 Å². The van der Waals surface area contributed by atoms with E-state index in [2.05, 4.69) is 255 Å². The van der Waals surface area contributed by atoms with Gasteiger partial charge >= 0.3 is 0 Å². The Bertz CT molecular complexity index is 3370. The van der Waals surface area contributed by atoms with Gasteiger partial charge in [-0.05, 0) is 185 Å². The topological polar surface area (TPSA) is 4.93 Å². The van der Waals surface area contributed by atoms with E-state index in [0.29, 0.717) is 0 Å². The highest BCUT2D eigenvalue weighted by Gasteiger charge is 2.46. The van der Waals surface area contributed by atoms with Gasteiger partial charge in [-0.3, -0.25) is 0 Å². The first kappa shape index (κ1) is 48.7. The number of fused-ring (bicyclic) bond motifs is 9. The van der Waals surface area contributed by atoms with Crippen LogP contribution < -0.4 is 0 Å². The summed E-state index contributed by atoms with van der Waals surface area (Å²) in [7, 11) is 0. The number of benzene rings is 7. The molecule has 2 aliphatic carbocycles. The molecule has 0 spiro atoms. The Labute approximate surface area is 427 Å². The maximum atomic E-state index is 2.64. The van der Waals surface area contributed by atoms with Gasteiger partial charge in [0.05, 0.1) is 11.0 Å². The summed E-state index contributed by atoms with van der Waals surface area (Å²) < 4.78 is 2.49. The molecular weight excluding hydrogens is 855 g/mol. The molecule has 0 bridgehead atoms. The highest BCUT2D eigenvalue weighted by atomic mass is 15.0. The Hall–Kier alpha value is -5.92. The van der Waals surface area contributed by atoms with Gasteiger partial charge < -0.3 is 4.57 Å². The highest BCUT2D eigenvalue weighted by molar-refractivity contribution is 6.10. The average molecular weight is 934 g/mol. The summed E-state index contributed by atoms with van der Waals surface area (Å²) in [6.07, 6.45) is 8.93. The third-order valence-electron chi connectivity index (χ3n) is 17.3. The van der Waals surface area contributed by atoms with Crippen molar-refractivity contribution in [3.8, 4) is 39.1 Å². The number of aromatic nitrogens is 1. The largest absolute Gasteiger partial charge is 0.309 e. The molecule has 1 heterocycles. The van der Waals surface area contributed by atoms with E-state index in [4.69, 9.17) is 0 Å². The standard InChI is InChI=1S/C70H79N/c1-17-69(18-2)59-34-45(26-25-44-28-32-64-58(33-44)55-23-21-22-24-63(55)71(64)52-40-50(67(11,12)13)39-51(41-52)68(14,15)16)27-30-53(59)56-42-62-57(43-61(56)69)54-31-29-46(37-60(54)70(62,19-3)20-4)47-35-48(65(5,6)7)38-49(36-47)66(8,9)10/h21-43H,17-20H2,1-16H3/b26-25+. The second-order valence-corrected chi connectivity index (χ2v) is 25.6. The molecule has 1 aromatic heterocycles. The lowest BCUT2D eigenvalue weighted by molar-refractivity contribution is 0.485. The van der Waals surface area contributed by atoms with Gasteiger partial charge in [0.15, 0.2) is 0 Å². The zero-order valence-electron chi connectivity index (χ0n) is 46.1. The van der Waals surface area contributed by atoms with E-state index >= 15 is 0 Å². The molecule has 0 fully saturated rings. The molecule has 0 N–H and O–H groups in total. The summed E-state index contributed by atoms with van der Waals surface area (Å²) in [5.41, 5.74) is 26.2. The van der Waals surface area contributed by atoms with Crippen LogP contribution in [0.25, 0.3) is 73.0 Å². The number of nitrogens with zero attached hydrogens (tertiary/aromatic N) is 1. The lowest BCUT2D eigenvalue weighted by Gasteiger charge is -2.32. The van der Waals surface area contributed by atoms with Crippen LogP contribution in [0.4, 0.5) is 0 Å². The highest BCUT2D eigenvalue weighted by Crippen LogP contribution is 2.60. The molecule has 10 rings (SSSR count). The monoisotopic (exact) mass is 934 g/mol. The van der Waals surface area contributed by atoms with Crippen molar-refractivity contribution in [3.63, 3.8) is 0 Å². The summed E-state index contributed by atoms with van der Waals surface area (Å²) in [6, 6.07) is 50.6. The molecule has 0 saturated carbocycles. The molecule has 0 radical (unpaired) electrons. The molecule has 0 aliphatic heterocycles. The van der Waals surface area contributed by atoms with E-state index in [9.17, 15) is 0 Å². The summed E-state index contributed by atoms with van der Waals surface area (Å²) in [6.45, 7) is 37.7. The molecule has 71 heavy (non-hydrogen) atoms. The molecule has 0 amide bonds. The quantitative estimate of drug-likeness (QED) is 0.134. The minimum absolute atomic E-state index is 0.0336. The van der Waals surface area contributed by atoms with E-state index in [0.717, 1.165) is 25.7 Å². The maximum Gasteiger partial charge on any atom is 0.0541 e. The second kappa shape index (κ2) is 16.8. The van der Waals surface area contributed by atoms with E-state index < -0.39 is 0 Å². The lowest BCUT2D eigenvalue weighted by Crippen LogP contribution is -2.24. The van der Waals surface area contributed by atoms with Crippen molar-refractivity contribution in [1.29, 1.82) is 0 Å². The SMILES string of the molecule is CCC1(CC)c2cc(/C=C/c3ccc4c(c3)c3ccccc3n4-c3cc(C(C)(C)C)cc(C(C)(C)C)c3)ccc2-c2cc3c(cc21)-c1ccc(-c2cc(C(C)(C)C)cc(C(C)(C)C)c2)cc1C3(CC)CC. The van der Waals surface area contributed by atoms with Crippen LogP contribution in [-0.2, 0) is 32.5 Å². The van der Waals surface area contributed by atoms with Gasteiger partial charge in [0, 0.05) is 27.3 Å². The number of rotatable bonds is 8. The maximum absolute atomic E-state index is 2.64. The minimum Gasteiger partial charge on any atom is -0.309 e. The predicted octanol–water partition coefficient (Wildman–Crippen LogP) is 20.0. The molecule has 0 atom stereocenters. The van der Waals surface area contributed by atoms with Crippen LogP contribution in [-0.4, -0.2) is 4.57 Å². The zero-order chi connectivity index (χ0) is 50.8. The van der Waals surface area contributed by atoms with E-state index in [-0.39, 0.29) is 32.5 Å². The molecule has 7 aromatic carbocycles. The summed E-state index contributed by atoms with van der Waals surface area (Å²) >= 11 is 0. The van der Waals surface area contributed by atoms with Crippen LogP contribution in [0.15, 0.2) is 127 Å². The van der Waals surface area contributed by atoms with Gasteiger partial charge in [0.25, 0.3) is 0 Å². The minimum atomic E-state index is -0.0536. The van der Waals surface area contributed by atoms with Gasteiger partial charge in [-0.15, -0.1) is 0 Å². The zero-order valence-corrected chi connectivity index (χ0v) is 46.1. The predicted molar refractivity (Wildman–Crippen MR) is 310 cm³/mol. The first-order valence-corrected chi connectivity index (χ1v) is 27.0. The Morgan fingerprint density at radius 1 is 0.366 bits per heavy atom. The van der Waals surface area contributed by atoms with Crippen molar-refractivity contribution in [2.24, 2.45) is 0 Å². The Morgan fingerprint density at radius 3 is 1.30 bits per heavy atom. The average Bonchev–Trinajstić information content (AvgIpc) is 3.91. The lowest BCUT2D eigenvalue weighted by atomic mass is 9.71. The molecule has 2 aliphatic rings. The van der Waals surface area contributed by atoms with Crippen LogP contribution in [0, 0.1) is 0 Å². The van der Waals surface area contributed by atoms with Crippen LogP contribution in [0.3, 0.4) is 0 Å². The first-order chi connectivity index (χ1) is 33.4.